The smallest absolute Gasteiger partial charge is 0.334 e. The highest BCUT2D eigenvalue weighted by Crippen LogP contribution is 2.16. The number of amides is 4. The van der Waals surface area contributed by atoms with Crippen LogP contribution in [0.25, 0.3) is 0 Å². The third-order valence-electron chi connectivity index (χ3n) is 2.72. The van der Waals surface area contributed by atoms with E-state index in [4.69, 9.17) is 4.74 Å². The summed E-state index contributed by atoms with van der Waals surface area (Å²) in [4.78, 5) is 37.7. The molecule has 0 radical (unpaired) electrons. The van der Waals surface area contributed by atoms with Gasteiger partial charge in [-0.3, -0.25) is 19.4 Å². The third kappa shape index (κ3) is 2.76. The van der Waals surface area contributed by atoms with E-state index in [-0.39, 0.29) is 18.7 Å². The molecule has 1 aliphatic heterocycles. The molecule has 0 aliphatic carbocycles. The van der Waals surface area contributed by atoms with Crippen LogP contribution >= 0.6 is 0 Å². The Morgan fingerprint density at radius 3 is 2.17 bits per heavy atom. The standard InChI is InChI=1S/C12H18N2O4/c1-4-5-6-13-10(15)9(2)11(16)14(12(13)17)7-8-18-3/h2,4-8H2,1,3H3. The molecule has 0 N–H and O–H groups in total. The molecule has 1 saturated heterocycles. The molecule has 6 nitrogen and oxygen atoms in total. The Morgan fingerprint density at radius 2 is 1.67 bits per heavy atom. The van der Waals surface area contributed by atoms with Gasteiger partial charge in [-0.1, -0.05) is 19.9 Å². The zero-order valence-corrected chi connectivity index (χ0v) is 10.8. The maximum Gasteiger partial charge on any atom is 0.334 e. The van der Waals surface area contributed by atoms with Gasteiger partial charge in [0, 0.05) is 13.7 Å². The van der Waals surface area contributed by atoms with E-state index in [9.17, 15) is 14.4 Å². The first-order valence-corrected chi connectivity index (χ1v) is 5.90. The minimum Gasteiger partial charge on any atom is -0.383 e. The molecule has 0 aromatic rings. The van der Waals surface area contributed by atoms with Gasteiger partial charge in [0.2, 0.25) is 0 Å². The van der Waals surface area contributed by atoms with Crippen LogP contribution in [-0.4, -0.2) is 54.5 Å². The summed E-state index contributed by atoms with van der Waals surface area (Å²) in [6.45, 7) is 6.09. The van der Waals surface area contributed by atoms with Crippen molar-refractivity contribution in [2.45, 2.75) is 19.8 Å². The lowest BCUT2D eigenvalue weighted by molar-refractivity contribution is -0.136. The zero-order chi connectivity index (χ0) is 13.7. The molecule has 6 heteroatoms. The van der Waals surface area contributed by atoms with Crippen molar-refractivity contribution >= 4 is 17.8 Å². The van der Waals surface area contributed by atoms with Gasteiger partial charge < -0.3 is 4.74 Å². The Labute approximate surface area is 106 Å². The van der Waals surface area contributed by atoms with Crippen molar-refractivity contribution in [1.82, 2.24) is 9.80 Å². The molecular weight excluding hydrogens is 236 g/mol. The molecule has 0 bridgehead atoms. The molecule has 4 amide bonds. The molecule has 1 rings (SSSR count). The lowest BCUT2D eigenvalue weighted by atomic mass is 10.1. The summed E-state index contributed by atoms with van der Waals surface area (Å²) in [6, 6.07) is -0.581. The average Bonchev–Trinajstić information content (AvgIpc) is 2.36. The van der Waals surface area contributed by atoms with E-state index in [2.05, 4.69) is 6.58 Å². The number of imide groups is 2. The second-order valence-corrected chi connectivity index (χ2v) is 4.02. The third-order valence-corrected chi connectivity index (χ3v) is 2.72. The fourth-order valence-corrected chi connectivity index (χ4v) is 1.63. The van der Waals surface area contributed by atoms with Crippen molar-refractivity contribution < 1.29 is 19.1 Å². The molecule has 1 heterocycles. The molecule has 0 atom stereocenters. The maximum atomic E-state index is 12.0. The Kier molecular flexibility index (Phi) is 5.03. The monoisotopic (exact) mass is 254 g/mol. The van der Waals surface area contributed by atoms with Gasteiger partial charge in [-0.2, -0.15) is 0 Å². The lowest BCUT2D eigenvalue weighted by Crippen LogP contribution is -2.57. The van der Waals surface area contributed by atoms with Crippen molar-refractivity contribution in [3.05, 3.63) is 12.2 Å². The number of urea groups is 1. The highest BCUT2D eigenvalue weighted by atomic mass is 16.5. The SMILES string of the molecule is C=C1C(=O)N(CCCC)C(=O)N(CCOC)C1=O. The van der Waals surface area contributed by atoms with Crippen molar-refractivity contribution in [2.75, 3.05) is 26.8 Å². The van der Waals surface area contributed by atoms with E-state index in [1.807, 2.05) is 6.92 Å². The molecule has 0 aromatic carbocycles. The predicted molar refractivity (Wildman–Crippen MR) is 64.7 cm³/mol. The van der Waals surface area contributed by atoms with Gasteiger partial charge >= 0.3 is 6.03 Å². The van der Waals surface area contributed by atoms with Gasteiger partial charge in [-0.25, -0.2) is 4.79 Å². The molecule has 0 spiro atoms. The molecule has 1 aliphatic rings. The normalized spacial score (nSPS) is 16.8. The van der Waals surface area contributed by atoms with E-state index in [0.29, 0.717) is 13.0 Å². The fraction of sp³-hybridized carbons (Fsp3) is 0.583. The number of hydrogen-bond acceptors (Lipinski definition) is 4. The van der Waals surface area contributed by atoms with E-state index in [1.165, 1.54) is 7.11 Å². The first-order chi connectivity index (χ1) is 8.54. The van der Waals surface area contributed by atoms with Crippen LogP contribution in [0.15, 0.2) is 12.2 Å². The van der Waals surface area contributed by atoms with E-state index < -0.39 is 17.8 Å². The van der Waals surface area contributed by atoms with E-state index >= 15 is 0 Å². The maximum absolute atomic E-state index is 12.0. The first-order valence-electron chi connectivity index (χ1n) is 5.90. The van der Waals surface area contributed by atoms with Crippen LogP contribution in [0.5, 0.6) is 0 Å². The molecule has 0 unspecified atom stereocenters. The number of carbonyl (C=O) groups is 3. The number of unbranched alkanes of at least 4 members (excludes halogenated alkanes) is 1. The van der Waals surface area contributed by atoms with Gasteiger partial charge in [0.05, 0.1) is 18.7 Å². The van der Waals surface area contributed by atoms with E-state index in [0.717, 1.165) is 16.2 Å². The molecule has 18 heavy (non-hydrogen) atoms. The minimum absolute atomic E-state index is 0.128. The van der Waals surface area contributed by atoms with Gasteiger partial charge in [0.1, 0.15) is 0 Å². The van der Waals surface area contributed by atoms with Crippen LogP contribution in [0.1, 0.15) is 19.8 Å². The Bertz CT molecular complexity index is 346. The van der Waals surface area contributed by atoms with Crippen molar-refractivity contribution in [1.29, 1.82) is 0 Å². The number of carbonyl (C=O) groups excluding carboxylic acids is 3. The fourth-order valence-electron chi connectivity index (χ4n) is 1.63. The second kappa shape index (κ2) is 6.30. The van der Waals surface area contributed by atoms with Crippen molar-refractivity contribution in [3.8, 4) is 0 Å². The largest absolute Gasteiger partial charge is 0.383 e. The predicted octanol–water partition coefficient (Wildman–Crippen LogP) is 0.780. The van der Waals surface area contributed by atoms with Crippen molar-refractivity contribution in [2.24, 2.45) is 0 Å². The van der Waals surface area contributed by atoms with Crippen molar-refractivity contribution in [3.63, 3.8) is 0 Å². The summed E-state index contributed by atoms with van der Waals surface area (Å²) in [5, 5.41) is 0. The quantitative estimate of drug-likeness (QED) is 0.519. The summed E-state index contributed by atoms with van der Waals surface area (Å²) in [5.74, 6) is -1.22. The number of ether oxygens (including phenoxy) is 1. The molecule has 0 saturated carbocycles. The van der Waals surface area contributed by atoms with Crippen LogP contribution in [0.4, 0.5) is 4.79 Å². The summed E-state index contributed by atoms with van der Waals surface area (Å²) >= 11 is 0. The van der Waals surface area contributed by atoms with Crippen LogP contribution in [0.3, 0.4) is 0 Å². The highest BCUT2D eigenvalue weighted by Gasteiger charge is 2.40. The van der Waals surface area contributed by atoms with Crippen LogP contribution in [-0.2, 0) is 14.3 Å². The summed E-state index contributed by atoms with van der Waals surface area (Å²) in [6.07, 6.45) is 1.56. The second-order valence-electron chi connectivity index (χ2n) is 4.02. The van der Waals surface area contributed by atoms with Gasteiger partial charge in [0.25, 0.3) is 11.8 Å². The molecule has 100 valence electrons. The Hall–Kier alpha value is -1.69. The van der Waals surface area contributed by atoms with Gasteiger partial charge in [-0.15, -0.1) is 0 Å². The number of barbiturate groups is 1. The van der Waals surface area contributed by atoms with Gasteiger partial charge in [0.15, 0.2) is 0 Å². The lowest BCUT2D eigenvalue weighted by Gasteiger charge is -2.33. The number of hydrogen-bond donors (Lipinski definition) is 0. The van der Waals surface area contributed by atoms with Crippen LogP contribution in [0, 0.1) is 0 Å². The minimum atomic E-state index is -0.630. The van der Waals surface area contributed by atoms with Gasteiger partial charge in [-0.05, 0) is 6.42 Å². The molecular formula is C12H18N2O4. The highest BCUT2D eigenvalue weighted by molar-refractivity contribution is 6.28. The Morgan fingerprint density at radius 1 is 1.11 bits per heavy atom. The Balaban J connectivity index is 2.86. The average molecular weight is 254 g/mol. The number of nitrogens with zero attached hydrogens (tertiary/aromatic N) is 2. The number of rotatable bonds is 6. The summed E-state index contributed by atoms with van der Waals surface area (Å²) in [7, 11) is 1.48. The zero-order valence-electron chi connectivity index (χ0n) is 10.8. The van der Waals surface area contributed by atoms with Crippen LogP contribution < -0.4 is 0 Å². The first kappa shape index (κ1) is 14.4. The van der Waals surface area contributed by atoms with E-state index in [1.54, 1.807) is 0 Å². The van der Waals surface area contributed by atoms with Crippen LogP contribution in [0.2, 0.25) is 0 Å². The molecule has 0 aromatic heterocycles. The topological polar surface area (TPSA) is 66.9 Å². The summed E-state index contributed by atoms with van der Waals surface area (Å²) in [5.41, 5.74) is -0.165. The number of methoxy groups -OCH3 is 1. The molecule has 1 fully saturated rings. The summed E-state index contributed by atoms with van der Waals surface area (Å²) < 4.78 is 4.84.